The first-order chi connectivity index (χ1) is 6.88. The lowest BCUT2D eigenvalue weighted by atomic mass is 10.1. The Hall–Kier alpha value is -0.0800. The van der Waals surface area contributed by atoms with E-state index in [0.717, 1.165) is 0 Å². The van der Waals surface area contributed by atoms with Crippen molar-refractivity contribution in [3.63, 3.8) is 0 Å². The lowest BCUT2D eigenvalue weighted by Gasteiger charge is -2.28. The molecule has 2 heteroatoms. The zero-order valence-electron chi connectivity index (χ0n) is 9.54. The van der Waals surface area contributed by atoms with Crippen LogP contribution in [0, 0.1) is 0 Å². The summed E-state index contributed by atoms with van der Waals surface area (Å²) in [5, 5.41) is 9.30. The second-order valence-electron chi connectivity index (χ2n) is 4.43. The Balaban J connectivity index is 2.28. The number of likely N-dealkylation sites (tertiary alicyclic amines) is 1. The zero-order chi connectivity index (χ0) is 10.2. The number of nitrogens with zero attached hydrogens (tertiary/aromatic N) is 1. The highest BCUT2D eigenvalue weighted by molar-refractivity contribution is 4.74. The van der Waals surface area contributed by atoms with E-state index in [1.807, 2.05) is 0 Å². The van der Waals surface area contributed by atoms with Crippen molar-refractivity contribution in [2.24, 2.45) is 0 Å². The van der Waals surface area contributed by atoms with Gasteiger partial charge in [0.2, 0.25) is 0 Å². The number of rotatable bonds is 5. The van der Waals surface area contributed by atoms with Crippen LogP contribution in [0.4, 0.5) is 0 Å². The molecule has 1 aliphatic rings. The molecule has 1 heterocycles. The van der Waals surface area contributed by atoms with E-state index in [-0.39, 0.29) is 0 Å². The van der Waals surface area contributed by atoms with Crippen LogP contribution in [-0.2, 0) is 0 Å². The maximum atomic E-state index is 9.30. The first-order valence-corrected chi connectivity index (χ1v) is 6.23. The quantitative estimate of drug-likeness (QED) is 0.687. The van der Waals surface area contributed by atoms with E-state index in [4.69, 9.17) is 0 Å². The summed E-state index contributed by atoms with van der Waals surface area (Å²) in [5.74, 6) is 0. The molecule has 1 N–H and O–H groups in total. The van der Waals surface area contributed by atoms with Crippen molar-refractivity contribution in [1.82, 2.24) is 4.90 Å². The fraction of sp³-hybridized carbons (Fsp3) is 1.00. The molecule has 1 atom stereocenters. The normalized spacial score (nSPS) is 24.9. The van der Waals surface area contributed by atoms with Crippen LogP contribution in [0.2, 0.25) is 0 Å². The largest absolute Gasteiger partial charge is 0.395 e. The Morgan fingerprint density at radius 3 is 2.79 bits per heavy atom. The number of aliphatic hydroxyl groups excluding tert-OH is 1. The summed E-state index contributed by atoms with van der Waals surface area (Å²) in [6.07, 6.45) is 9.08. The van der Waals surface area contributed by atoms with Gasteiger partial charge in [-0.3, -0.25) is 4.90 Å². The summed E-state index contributed by atoms with van der Waals surface area (Å²) in [7, 11) is 0. The van der Waals surface area contributed by atoms with E-state index in [9.17, 15) is 5.11 Å². The van der Waals surface area contributed by atoms with Gasteiger partial charge < -0.3 is 5.11 Å². The van der Waals surface area contributed by atoms with Crippen LogP contribution in [-0.4, -0.2) is 35.7 Å². The third-order valence-electron chi connectivity index (χ3n) is 3.26. The van der Waals surface area contributed by atoms with Gasteiger partial charge in [-0.05, 0) is 32.4 Å². The van der Waals surface area contributed by atoms with Gasteiger partial charge in [0.25, 0.3) is 0 Å². The molecule has 1 saturated heterocycles. The summed E-state index contributed by atoms with van der Waals surface area (Å²) < 4.78 is 0. The average Bonchev–Trinajstić information content (AvgIpc) is 2.43. The van der Waals surface area contributed by atoms with Crippen molar-refractivity contribution in [3.8, 4) is 0 Å². The topological polar surface area (TPSA) is 23.5 Å². The summed E-state index contributed by atoms with van der Waals surface area (Å²) in [5.41, 5.74) is 0. The summed E-state index contributed by atoms with van der Waals surface area (Å²) in [6, 6.07) is 0.453. The number of aliphatic hydroxyl groups is 1. The molecule has 0 amide bonds. The molecule has 0 radical (unpaired) electrons. The van der Waals surface area contributed by atoms with Crippen LogP contribution in [0.1, 0.15) is 51.9 Å². The SMILES string of the molecule is CCCCCN1CCCCCC1CO. The standard InChI is InChI=1S/C12H25NO/c1-2-3-6-9-13-10-7-4-5-8-12(13)11-14/h12,14H,2-11H2,1H3. The predicted molar refractivity (Wildman–Crippen MR) is 60.4 cm³/mol. The minimum Gasteiger partial charge on any atom is -0.395 e. The van der Waals surface area contributed by atoms with E-state index in [2.05, 4.69) is 11.8 Å². The van der Waals surface area contributed by atoms with Gasteiger partial charge in [-0.1, -0.05) is 32.6 Å². The van der Waals surface area contributed by atoms with Crippen molar-refractivity contribution in [3.05, 3.63) is 0 Å². The van der Waals surface area contributed by atoms with Crippen molar-refractivity contribution in [2.75, 3.05) is 19.7 Å². The predicted octanol–water partition coefficient (Wildman–Crippen LogP) is 2.41. The van der Waals surface area contributed by atoms with Crippen molar-refractivity contribution >= 4 is 0 Å². The molecule has 0 aromatic rings. The van der Waals surface area contributed by atoms with Crippen LogP contribution < -0.4 is 0 Å². The fourth-order valence-electron chi connectivity index (χ4n) is 2.30. The Labute approximate surface area is 88.3 Å². The molecule has 2 nitrogen and oxygen atoms in total. The van der Waals surface area contributed by atoms with Crippen molar-refractivity contribution < 1.29 is 5.11 Å². The van der Waals surface area contributed by atoms with E-state index in [1.54, 1.807) is 0 Å². The minimum absolute atomic E-state index is 0.353. The highest BCUT2D eigenvalue weighted by Crippen LogP contribution is 2.17. The van der Waals surface area contributed by atoms with Crippen LogP contribution in [0.15, 0.2) is 0 Å². The molecule has 1 unspecified atom stereocenters. The first-order valence-electron chi connectivity index (χ1n) is 6.23. The van der Waals surface area contributed by atoms with Gasteiger partial charge in [0.15, 0.2) is 0 Å². The van der Waals surface area contributed by atoms with E-state index in [0.29, 0.717) is 12.6 Å². The summed E-state index contributed by atoms with van der Waals surface area (Å²) >= 11 is 0. The minimum atomic E-state index is 0.353. The zero-order valence-corrected chi connectivity index (χ0v) is 9.54. The molecule has 0 bridgehead atoms. The summed E-state index contributed by atoms with van der Waals surface area (Å²) in [6.45, 7) is 4.99. The monoisotopic (exact) mass is 199 g/mol. The third kappa shape index (κ3) is 3.97. The molecule has 84 valence electrons. The van der Waals surface area contributed by atoms with Gasteiger partial charge in [-0.25, -0.2) is 0 Å². The van der Waals surface area contributed by atoms with Crippen LogP contribution in [0.25, 0.3) is 0 Å². The van der Waals surface area contributed by atoms with Crippen molar-refractivity contribution in [1.29, 1.82) is 0 Å². The van der Waals surface area contributed by atoms with Crippen LogP contribution in [0.3, 0.4) is 0 Å². The fourth-order valence-corrected chi connectivity index (χ4v) is 2.30. The molecule has 1 rings (SSSR count). The van der Waals surface area contributed by atoms with Crippen molar-refractivity contribution in [2.45, 2.75) is 57.9 Å². The molecular weight excluding hydrogens is 174 g/mol. The highest BCUT2D eigenvalue weighted by Gasteiger charge is 2.19. The van der Waals surface area contributed by atoms with Crippen LogP contribution in [0.5, 0.6) is 0 Å². The number of hydrogen-bond donors (Lipinski definition) is 1. The maximum absolute atomic E-state index is 9.30. The first kappa shape index (κ1) is 12.0. The molecule has 0 spiro atoms. The number of hydrogen-bond acceptors (Lipinski definition) is 2. The molecule has 1 aliphatic heterocycles. The van der Waals surface area contributed by atoms with Gasteiger partial charge in [0.05, 0.1) is 6.61 Å². The second kappa shape index (κ2) is 7.24. The highest BCUT2D eigenvalue weighted by atomic mass is 16.3. The lowest BCUT2D eigenvalue weighted by molar-refractivity contribution is 0.122. The Morgan fingerprint density at radius 2 is 2.07 bits per heavy atom. The molecule has 14 heavy (non-hydrogen) atoms. The van der Waals surface area contributed by atoms with E-state index < -0.39 is 0 Å². The molecule has 0 aromatic carbocycles. The van der Waals surface area contributed by atoms with Crippen LogP contribution >= 0.6 is 0 Å². The molecule has 0 aromatic heterocycles. The molecule has 1 fully saturated rings. The Kier molecular flexibility index (Phi) is 6.20. The lowest BCUT2D eigenvalue weighted by Crippen LogP contribution is -2.38. The van der Waals surface area contributed by atoms with Gasteiger partial charge in [-0.2, -0.15) is 0 Å². The third-order valence-corrected chi connectivity index (χ3v) is 3.26. The maximum Gasteiger partial charge on any atom is 0.0586 e. The summed E-state index contributed by atoms with van der Waals surface area (Å²) in [4.78, 5) is 2.50. The average molecular weight is 199 g/mol. The van der Waals surface area contributed by atoms with E-state index >= 15 is 0 Å². The van der Waals surface area contributed by atoms with Gasteiger partial charge in [0, 0.05) is 6.04 Å². The van der Waals surface area contributed by atoms with E-state index in [1.165, 1.54) is 58.0 Å². The Bertz CT molecular complexity index is 138. The van der Waals surface area contributed by atoms with Gasteiger partial charge in [-0.15, -0.1) is 0 Å². The van der Waals surface area contributed by atoms with Gasteiger partial charge in [0.1, 0.15) is 0 Å². The second-order valence-corrected chi connectivity index (χ2v) is 4.43. The molecule has 0 aliphatic carbocycles. The molecular formula is C12H25NO. The Morgan fingerprint density at radius 1 is 1.21 bits per heavy atom. The smallest absolute Gasteiger partial charge is 0.0586 e. The number of unbranched alkanes of at least 4 members (excludes halogenated alkanes) is 2. The molecule has 0 saturated carbocycles. The van der Waals surface area contributed by atoms with Gasteiger partial charge >= 0.3 is 0 Å².